The maximum atomic E-state index is 13.4. The molecule has 1 aliphatic heterocycles. The van der Waals surface area contributed by atoms with Crippen molar-refractivity contribution in [2.75, 3.05) is 19.8 Å². The van der Waals surface area contributed by atoms with E-state index >= 15 is 0 Å². The lowest BCUT2D eigenvalue weighted by Gasteiger charge is -2.30. The van der Waals surface area contributed by atoms with Gasteiger partial charge in [0.25, 0.3) is 0 Å². The summed E-state index contributed by atoms with van der Waals surface area (Å²) in [6.45, 7) is 6.08. The van der Waals surface area contributed by atoms with Gasteiger partial charge in [0, 0.05) is 6.54 Å². The Balaban J connectivity index is 2.03. The van der Waals surface area contributed by atoms with Crippen LogP contribution in [0.15, 0.2) is 30.3 Å². The van der Waals surface area contributed by atoms with Crippen LogP contribution in [0, 0.1) is 11.8 Å². The van der Waals surface area contributed by atoms with Gasteiger partial charge in [-0.05, 0) is 43.1 Å². The van der Waals surface area contributed by atoms with Crippen LogP contribution >= 0.6 is 0 Å². The highest BCUT2D eigenvalue weighted by molar-refractivity contribution is 5.96. The average molecular weight is 634 g/mol. The molecule has 2 rings (SSSR count). The van der Waals surface area contributed by atoms with Gasteiger partial charge in [-0.15, -0.1) is 0 Å². The van der Waals surface area contributed by atoms with E-state index in [0.29, 0.717) is 31.1 Å². The minimum atomic E-state index is -1.48. The van der Waals surface area contributed by atoms with Crippen LogP contribution in [0.1, 0.15) is 58.9 Å². The van der Waals surface area contributed by atoms with E-state index in [1.165, 1.54) is 4.90 Å². The van der Waals surface area contributed by atoms with Gasteiger partial charge in [0.2, 0.25) is 23.6 Å². The van der Waals surface area contributed by atoms with Crippen LogP contribution in [0.25, 0.3) is 0 Å². The number of amides is 5. The fraction of sp³-hybridized carbons (Fsp3) is 0.613. The van der Waals surface area contributed by atoms with Crippen LogP contribution in [-0.2, 0) is 35.3 Å². The third kappa shape index (κ3) is 12.1. The second-order valence-corrected chi connectivity index (χ2v) is 11.9. The maximum absolute atomic E-state index is 13.4. The van der Waals surface area contributed by atoms with Crippen molar-refractivity contribution in [3.8, 4) is 0 Å². The molecule has 5 amide bonds. The first-order chi connectivity index (χ1) is 21.4. The van der Waals surface area contributed by atoms with E-state index in [9.17, 15) is 39.0 Å². The Morgan fingerprint density at radius 2 is 1.49 bits per heavy atom. The van der Waals surface area contributed by atoms with Crippen LogP contribution in [0.3, 0.4) is 0 Å². The minimum Gasteiger partial charge on any atom is -0.445 e. The van der Waals surface area contributed by atoms with Gasteiger partial charge >= 0.3 is 6.09 Å². The number of benzene rings is 1. The number of aldehydes is 1. The van der Waals surface area contributed by atoms with Crippen molar-refractivity contribution < 1.29 is 43.7 Å². The van der Waals surface area contributed by atoms with E-state index in [1.54, 1.807) is 30.3 Å². The smallest absolute Gasteiger partial charge is 0.408 e. The van der Waals surface area contributed by atoms with Gasteiger partial charge in [0.05, 0.1) is 19.3 Å². The van der Waals surface area contributed by atoms with E-state index in [-0.39, 0.29) is 31.4 Å². The normalized spacial score (nSPS) is 17.2. The molecule has 0 saturated carbocycles. The first-order valence-corrected chi connectivity index (χ1v) is 15.3. The molecule has 1 aromatic rings. The lowest BCUT2D eigenvalue weighted by molar-refractivity contribution is -0.143. The predicted octanol–water partition coefficient (Wildman–Crippen LogP) is 0.00250. The molecule has 14 nitrogen and oxygen atoms in total. The van der Waals surface area contributed by atoms with Crippen molar-refractivity contribution in [2.24, 2.45) is 11.8 Å². The van der Waals surface area contributed by atoms with E-state index in [2.05, 4.69) is 21.3 Å². The van der Waals surface area contributed by atoms with E-state index in [1.807, 2.05) is 27.7 Å². The molecule has 1 aliphatic rings. The number of carbonyl (C=O) groups excluding carboxylic acids is 6. The molecular weight excluding hydrogens is 586 g/mol. The fourth-order valence-electron chi connectivity index (χ4n) is 4.97. The number of aliphatic hydroxyl groups is 2. The van der Waals surface area contributed by atoms with Crippen molar-refractivity contribution in [1.29, 1.82) is 0 Å². The van der Waals surface area contributed by atoms with Gasteiger partial charge in [-0.2, -0.15) is 0 Å². The Kier molecular flexibility index (Phi) is 15.4. The van der Waals surface area contributed by atoms with Gasteiger partial charge in [-0.25, -0.2) is 4.79 Å². The summed E-state index contributed by atoms with van der Waals surface area (Å²) in [6.07, 6.45) is 1.18. The molecule has 0 bridgehead atoms. The summed E-state index contributed by atoms with van der Waals surface area (Å²) in [5.41, 5.74) is 0.709. The minimum absolute atomic E-state index is 0.0276. The summed E-state index contributed by atoms with van der Waals surface area (Å²) in [6, 6.07) is 3.24. The highest BCUT2D eigenvalue weighted by atomic mass is 16.5. The molecule has 1 aromatic carbocycles. The number of nitrogens with one attached hydrogen (secondary N) is 4. The van der Waals surface area contributed by atoms with Crippen molar-refractivity contribution in [3.63, 3.8) is 0 Å². The molecule has 0 aromatic heterocycles. The highest BCUT2D eigenvalue weighted by Crippen LogP contribution is 2.20. The van der Waals surface area contributed by atoms with Gasteiger partial charge in [-0.3, -0.25) is 19.2 Å². The molecule has 14 heteroatoms. The fourth-order valence-corrected chi connectivity index (χ4v) is 4.97. The van der Waals surface area contributed by atoms with Crippen LogP contribution in [0.5, 0.6) is 0 Å². The van der Waals surface area contributed by atoms with E-state index in [4.69, 9.17) is 4.74 Å². The number of likely N-dealkylation sites (tertiary alicyclic amines) is 1. The van der Waals surface area contributed by atoms with Crippen molar-refractivity contribution in [1.82, 2.24) is 26.2 Å². The molecule has 0 aliphatic carbocycles. The monoisotopic (exact) mass is 633 g/mol. The zero-order valence-electron chi connectivity index (χ0n) is 26.4. The van der Waals surface area contributed by atoms with Crippen molar-refractivity contribution in [2.45, 2.75) is 90.2 Å². The Hall–Kier alpha value is -4.04. The van der Waals surface area contributed by atoms with Gasteiger partial charge in [0.15, 0.2) is 0 Å². The number of carbonyl (C=O) groups is 6. The Morgan fingerprint density at radius 3 is 2.07 bits per heavy atom. The summed E-state index contributed by atoms with van der Waals surface area (Å²) in [4.78, 5) is 77.5. The summed E-state index contributed by atoms with van der Waals surface area (Å²) in [7, 11) is 0. The Labute approximate surface area is 263 Å². The Morgan fingerprint density at radius 1 is 0.867 bits per heavy atom. The third-order valence-corrected chi connectivity index (χ3v) is 7.20. The molecule has 0 unspecified atom stereocenters. The van der Waals surface area contributed by atoms with E-state index in [0.717, 1.165) is 0 Å². The number of ether oxygens (including phenoxy) is 1. The molecule has 6 N–H and O–H groups in total. The molecule has 1 heterocycles. The standard InChI is InChI=1S/C31H47N5O9/c1-19(2)13-22(15-37)32-27(40)23(14-20(3)4)33-29(42)26-11-8-12-36(26)30(43)25(17-39)34-28(41)24(16-38)35-31(44)45-18-21-9-6-5-7-10-21/h5-7,9-10,15,19-20,22-26,38-39H,8,11-14,16-18H2,1-4H3,(H,32,40)(H,33,42)(H,34,41)(H,35,44)/t22-,23-,24-,25-,26-/m0/s1. The first-order valence-electron chi connectivity index (χ1n) is 15.3. The van der Waals surface area contributed by atoms with E-state index < -0.39 is 73.1 Å². The number of rotatable bonds is 17. The molecule has 1 fully saturated rings. The third-order valence-electron chi connectivity index (χ3n) is 7.20. The molecule has 5 atom stereocenters. The second kappa shape index (κ2) is 18.7. The number of aliphatic hydroxyl groups excluding tert-OH is 2. The summed E-state index contributed by atoms with van der Waals surface area (Å²) < 4.78 is 5.07. The number of alkyl carbamates (subject to hydrolysis) is 1. The molecule has 250 valence electrons. The van der Waals surface area contributed by atoms with Crippen molar-refractivity contribution >= 4 is 36.0 Å². The molecule has 0 radical (unpaired) electrons. The largest absolute Gasteiger partial charge is 0.445 e. The number of nitrogens with zero attached hydrogens (tertiary/aromatic N) is 1. The molecule has 1 saturated heterocycles. The number of hydrogen-bond acceptors (Lipinski definition) is 9. The van der Waals surface area contributed by atoms with Crippen LogP contribution in [-0.4, -0.2) is 101 Å². The highest BCUT2D eigenvalue weighted by Gasteiger charge is 2.39. The maximum Gasteiger partial charge on any atom is 0.408 e. The second-order valence-electron chi connectivity index (χ2n) is 11.9. The first kappa shape index (κ1) is 37.1. The number of hydrogen-bond donors (Lipinski definition) is 6. The zero-order chi connectivity index (χ0) is 33.5. The average Bonchev–Trinajstić information content (AvgIpc) is 3.50. The molecule has 0 spiro atoms. The lowest BCUT2D eigenvalue weighted by atomic mass is 10.0. The topological polar surface area (TPSA) is 203 Å². The molecular formula is C31H47N5O9. The summed E-state index contributed by atoms with van der Waals surface area (Å²) >= 11 is 0. The van der Waals surface area contributed by atoms with Gasteiger partial charge in [0.1, 0.15) is 37.1 Å². The summed E-state index contributed by atoms with van der Waals surface area (Å²) in [5, 5.41) is 29.6. The van der Waals surface area contributed by atoms with Crippen LogP contribution in [0.2, 0.25) is 0 Å². The molecule has 45 heavy (non-hydrogen) atoms. The predicted molar refractivity (Wildman–Crippen MR) is 163 cm³/mol. The SMILES string of the molecule is CC(C)C[C@@H](C=O)NC(=O)[C@H](CC(C)C)NC(=O)[C@@H]1CCCN1C(=O)[C@H](CO)NC(=O)[C@H](CO)NC(=O)OCc1ccccc1. The summed E-state index contributed by atoms with van der Waals surface area (Å²) in [5.74, 6) is -2.58. The van der Waals surface area contributed by atoms with Gasteiger partial charge < -0.3 is 45.9 Å². The van der Waals surface area contributed by atoms with Crippen molar-refractivity contribution in [3.05, 3.63) is 35.9 Å². The zero-order valence-corrected chi connectivity index (χ0v) is 26.4. The quantitative estimate of drug-likeness (QED) is 0.128. The Bertz CT molecular complexity index is 1150. The van der Waals surface area contributed by atoms with Crippen LogP contribution < -0.4 is 21.3 Å². The lowest BCUT2D eigenvalue weighted by Crippen LogP contribution is -2.59. The van der Waals surface area contributed by atoms with Gasteiger partial charge in [-0.1, -0.05) is 58.0 Å². The van der Waals surface area contributed by atoms with Crippen LogP contribution in [0.4, 0.5) is 4.79 Å².